The highest BCUT2D eigenvalue weighted by molar-refractivity contribution is 4.80. The molecule has 0 bridgehead atoms. The molecule has 3 heteroatoms. The van der Waals surface area contributed by atoms with Gasteiger partial charge in [-0.15, -0.1) is 0 Å². The van der Waals surface area contributed by atoms with Gasteiger partial charge >= 0.3 is 6.18 Å². The summed E-state index contributed by atoms with van der Waals surface area (Å²) in [6.45, 7) is 8.29. The highest BCUT2D eigenvalue weighted by Crippen LogP contribution is 2.42. The van der Waals surface area contributed by atoms with E-state index >= 15 is 0 Å². The Morgan fingerprint density at radius 2 is 1.58 bits per heavy atom. The molecule has 0 heterocycles. The van der Waals surface area contributed by atoms with Crippen LogP contribution >= 0.6 is 0 Å². The fourth-order valence-corrected chi connectivity index (χ4v) is 1.29. The highest BCUT2D eigenvalue weighted by Gasteiger charge is 2.45. The molecule has 12 heavy (non-hydrogen) atoms. The summed E-state index contributed by atoms with van der Waals surface area (Å²) in [5.41, 5.74) is -0.712. The van der Waals surface area contributed by atoms with Crippen molar-refractivity contribution >= 4 is 0 Å². The van der Waals surface area contributed by atoms with Crippen LogP contribution in [0, 0.1) is 18.3 Å². The zero-order chi connectivity index (χ0) is 9.99. The minimum atomic E-state index is -4.09. The summed E-state index contributed by atoms with van der Waals surface area (Å²) in [5, 5.41) is 0. The molecule has 0 aromatic heterocycles. The maximum atomic E-state index is 12.4. The normalized spacial score (nSPS) is 16.2. The topological polar surface area (TPSA) is 0 Å². The monoisotopic (exact) mass is 181 g/mol. The van der Waals surface area contributed by atoms with Crippen molar-refractivity contribution in [2.75, 3.05) is 0 Å². The van der Waals surface area contributed by atoms with Crippen molar-refractivity contribution < 1.29 is 13.2 Å². The van der Waals surface area contributed by atoms with Gasteiger partial charge in [-0.25, -0.2) is 0 Å². The Hall–Kier alpha value is -0.210. The quantitative estimate of drug-likeness (QED) is 0.607. The van der Waals surface area contributed by atoms with Crippen LogP contribution in [0.25, 0.3) is 0 Å². The Morgan fingerprint density at radius 1 is 1.17 bits per heavy atom. The molecular weight excluding hydrogens is 165 g/mol. The molecule has 1 unspecified atom stereocenters. The van der Waals surface area contributed by atoms with Gasteiger partial charge in [0, 0.05) is 0 Å². The van der Waals surface area contributed by atoms with Gasteiger partial charge in [-0.2, -0.15) is 13.2 Å². The molecule has 0 spiro atoms. The van der Waals surface area contributed by atoms with Crippen molar-refractivity contribution in [2.24, 2.45) is 11.3 Å². The molecule has 0 nitrogen and oxygen atoms in total. The van der Waals surface area contributed by atoms with E-state index in [0.717, 1.165) is 0 Å². The van der Waals surface area contributed by atoms with E-state index in [1.807, 2.05) is 0 Å². The smallest absolute Gasteiger partial charge is 0.171 e. The molecule has 0 N–H and O–H groups in total. The minimum absolute atomic E-state index is 0.118. The molecule has 0 aliphatic rings. The van der Waals surface area contributed by atoms with Crippen LogP contribution < -0.4 is 0 Å². The van der Waals surface area contributed by atoms with E-state index in [1.54, 1.807) is 20.8 Å². The molecule has 1 radical (unpaired) electrons. The van der Waals surface area contributed by atoms with Crippen LogP contribution in [-0.2, 0) is 0 Å². The minimum Gasteiger partial charge on any atom is -0.171 e. The number of rotatable bonds is 2. The lowest BCUT2D eigenvalue weighted by molar-refractivity contribution is -0.201. The molecule has 73 valence electrons. The van der Waals surface area contributed by atoms with Gasteiger partial charge in [0.15, 0.2) is 0 Å². The molecule has 0 aliphatic heterocycles. The van der Waals surface area contributed by atoms with Crippen molar-refractivity contribution in [1.29, 1.82) is 0 Å². The van der Waals surface area contributed by atoms with Crippen LogP contribution in [-0.4, -0.2) is 6.18 Å². The predicted octanol–water partition coefficient (Wildman–Crippen LogP) is 3.83. The third-order valence-corrected chi connectivity index (χ3v) is 1.93. The Balaban J connectivity index is 4.45. The Kier molecular flexibility index (Phi) is 3.60. The van der Waals surface area contributed by atoms with E-state index in [0.29, 0.717) is 6.42 Å². The molecule has 0 amide bonds. The van der Waals surface area contributed by atoms with Crippen LogP contribution in [0.2, 0.25) is 0 Å². The fraction of sp³-hybridized carbons (Fsp3) is 0.889. The lowest BCUT2D eigenvalue weighted by atomic mass is 9.78. The van der Waals surface area contributed by atoms with Crippen LogP contribution in [0.15, 0.2) is 0 Å². The molecule has 0 aromatic carbocycles. The molecule has 1 atom stereocenters. The van der Waals surface area contributed by atoms with Crippen molar-refractivity contribution in [1.82, 2.24) is 0 Å². The molecule has 0 saturated heterocycles. The average molecular weight is 181 g/mol. The molecular formula is C9H16F3. The summed E-state index contributed by atoms with van der Waals surface area (Å²) in [6, 6.07) is 0. The molecule has 0 fully saturated rings. The van der Waals surface area contributed by atoms with E-state index in [2.05, 4.69) is 6.92 Å². The SMILES string of the molecule is [CH2]CCC(C(C)(C)C)C(F)(F)F. The number of halogens is 3. The van der Waals surface area contributed by atoms with E-state index in [4.69, 9.17) is 0 Å². The maximum absolute atomic E-state index is 12.4. The lowest BCUT2D eigenvalue weighted by Crippen LogP contribution is -2.34. The van der Waals surface area contributed by atoms with Crippen molar-refractivity contribution in [3.8, 4) is 0 Å². The van der Waals surface area contributed by atoms with Crippen LogP contribution in [0.4, 0.5) is 13.2 Å². The lowest BCUT2D eigenvalue weighted by Gasteiger charge is -2.32. The second-order valence-electron chi connectivity index (χ2n) is 4.10. The third kappa shape index (κ3) is 3.46. The molecule has 0 aromatic rings. The van der Waals surface area contributed by atoms with Gasteiger partial charge in [0.25, 0.3) is 0 Å². The summed E-state index contributed by atoms with van der Waals surface area (Å²) >= 11 is 0. The van der Waals surface area contributed by atoms with Crippen molar-refractivity contribution in [2.45, 2.75) is 39.8 Å². The van der Waals surface area contributed by atoms with Gasteiger partial charge in [0.1, 0.15) is 0 Å². The zero-order valence-electron chi connectivity index (χ0n) is 7.83. The van der Waals surface area contributed by atoms with Gasteiger partial charge in [0.2, 0.25) is 0 Å². The summed E-state index contributed by atoms with van der Waals surface area (Å²) in [7, 11) is 0. The first-order valence-electron chi connectivity index (χ1n) is 4.05. The van der Waals surface area contributed by atoms with Gasteiger partial charge in [0.05, 0.1) is 5.92 Å². The Labute approximate surface area is 72.2 Å². The summed E-state index contributed by atoms with van der Waals surface area (Å²) in [5.74, 6) is -1.23. The molecule has 0 rings (SSSR count). The number of hydrogen-bond acceptors (Lipinski definition) is 0. The summed E-state index contributed by atoms with van der Waals surface area (Å²) in [4.78, 5) is 0. The third-order valence-electron chi connectivity index (χ3n) is 1.93. The Bertz CT molecular complexity index is 116. The standard InChI is InChI=1S/C9H16F3/c1-5-6-7(8(2,3)4)9(10,11)12/h7H,1,5-6H2,2-4H3. The van der Waals surface area contributed by atoms with E-state index in [9.17, 15) is 13.2 Å². The van der Waals surface area contributed by atoms with Crippen molar-refractivity contribution in [3.63, 3.8) is 0 Å². The van der Waals surface area contributed by atoms with Gasteiger partial charge < -0.3 is 0 Å². The predicted molar refractivity (Wildman–Crippen MR) is 43.6 cm³/mol. The van der Waals surface area contributed by atoms with E-state index < -0.39 is 17.5 Å². The Morgan fingerprint density at radius 3 is 1.67 bits per heavy atom. The van der Waals surface area contributed by atoms with Crippen LogP contribution in [0.3, 0.4) is 0 Å². The number of alkyl halides is 3. The molecule has 0 aliphatic carbocycles. The first-order valence-corrected chi connectivity index (χ1v) is 4.05. The van der Waals surface area contributed by atoms with Gasteiger partial charge in [-0.05, 0) is 11.8 Å². The second kappa shape index (κ2) is 3.67. The summed E-state index contributed by atoms with van der Waals surface area (Å²) in [6.07, 6.45) is -3.63. The second-order valence-corrected chi connectivity index (χ2v) is 4.10. The van der Waals surface area contributed by atoms with Gasteiger partial charge in [-0.3, -0.25) is 0 Å². The van der Waals surface area contributed by atoms with Gasteiger partial charge in [-0.1, -0.05) is 34.1 Å². The fourth-order valence-electron chi connectivity index (χ4n) is 1.29. The van der Waals surface area contributed by atoms with E-state index in [1.165, 1.54) is 0 Å². The maximum Gasteiger partial charge on any atom is 0.392 e. The van der Waals surface area contributed by atoms with Crippen molar-refractivity contribution in [3.05, 3.63) is 6.92 Å². The van der Waals surface area contributed by atoms with E-state index in [-0.39, 0.29) is 6.42 Å². The largest absolute Gasteiger partial charge is 0.392 e. The number of hydrogen-bond donors (Lipinski definition) is 0. The van der Waals surface area contributed by atoms with Crippen LogP contribution in [0.5, 0.6) is 0 Å². The summed E-state index contributed by atoms with van der Waals surface area (Å²) < 4.78 is 37.1. The average Bonchev–Trinajstić information content (AvgIpc) is 1.77. The highest BCUT2D eigenvalue weighted by atomic mass is 19.4. The molecule has 0 saturated carbocycles. The zero-order valence-corrected chi connectivity index (χ0v) is 7.83. The first-order chi connectivity index (χ1) is 5.19. The van der Waals surface area contributed by atoms with Crippen LogP contribution in [0.1, 0.15) is 33.6 Å². The first kappa shape index (κ1) is 11.8.